The highest BCUT2D eigenvalue weighted by atomic mass is 14.5. The van der Waals surface area contributed by atoms with Crippen LogP contribution < -0.4 is 0 Å². The molecule has 0 spiro atoms. The third-order valence-corrected chi connectivity index (χ3v) is 5.53. The molecule has 0 saturated heterocycles. The van der Waals surface area contributed by atoms with Gasteiger partial charge in [0.25, 0.3) is 0 Å². The van der Waals surface area contributed by atoms with Crippen molar-refractivity contribution >= 4 is 16.3 Å². The molecule has 0 heteroatoms. The second kappa shape index (κ2) is 3.25. The van der Waals surface area contributed by atoms with Crippen molar-refractivity contribution in [2.24, 2.45) is 11.8 Å². The third kappa shape index (κ3) is 1.14. The Morgan fingerprint density at radius 3 is 2.80 bits per heavy atom. The molecule has 0 N–H and O–H groups in total. The Bertz CT molecular complexity index is 817. The van der Waals surface area contributed by atoms with Crippen molar-refractivity contribution in [1.29, 1.82) is 0 Å². The smallest absolute Gasteiger partial charge is 0.0130 e. The zero-order chi connectivity index (χ0) is 13.5. The summed E-state index contributed by atoms with van der Waals surface area (Å²) in [6.07, 6.45) is 6.19. The van der Waals surface area contributed by atoms with Gasteiger partial charge in [-0.25, -0.2) is 0 Å². The van der Waals surface area contributed by atoms with Crippen LogP contribution in [-0.4, -0.2) is 0 Å². The first-order valence-corrected chi connectivity index (χ1v) is 7.63. The Kier molecular flexibility index (Phi) is 1.77. The van der Waals surface area contributed by atoms with Crippen molar-refractivity contribution in [3.63, 3.8) is 0 Å². The van der Waals surface area contributed by atoms with Gasteiger partial charge in [0.15, 0.2) is 0 Å². The van der Waals surface area contributed by atoms with Crippen LogP contribution in [0.2, 0.25) is 0 Å². The monoisotopic (exact) mass is 258 g/mol. The predicted molar refractivity (Wildman–Crippen MR) is 84.6 cm³/mol. The first-order valence-electron chi connectivity index (χ1n) is 7.63. The van der Waals surface area contributed by atoms with Gasteiger partial charge in [-0.2, -0.15) is 0 Å². The Balaban J connectivity index is 1.90. The van der Waals surface area contributed by atoms with Gasteiger partial charge in [0.05, 0.1) is 0 Å². The molecule has 2 unspecified atom stereocenters. The molecule has 0 radical (unpaired) electrons. The minimum absolute atomic E-state index is 0.190. The average molecular weight is 258 g/mol. The average Bonchev–Trinajstić information content (AvgIpc) is 3.19. The molecule has 0 aliphatic heterocycles. The molecular weight excluding hydrogens is 240 g/mol. The van der Waals surface area contributed by atoms with Crippen LogP contribution in [0.4, 0.5) is 0 Å². The molecule has 2 aromatic rings. The number of rotatable bonds is 0. The van der Waals surface area contributed by atoms with Crippen LogP contribution in [0.5, 0.6) is 0 Å². The summed E-state index contributed by atoms with van der Waals surface area (Å²) in [5, 5.41) is 2.81. The molecule has 2 atom stereocenters. The molecule has 5 rings (SSSR count). The molecule has 98 valence electrons. The van der Waals surface area contributed by atoms with Crippen molar-refractivity contribution in [1.82, 2.24) is 0 Å². The topological polar surface area (TPSA) is 0 Å². The quantitative estimate of drug-likeness (QED) is 0.617. The Morgan fingerprint density at radius 2 is 1.90 bits per heavy atom. The van der Waals surface area contributed by atoms with Crippen LogP contribution >= 0.6 is 0 Å². The summed E-state index contributed by atoms with van der Waals surface area (Å²) in [4.78, 5) is 0. The number of fused-ring (bicyclic) bond motifs is 6. The second-order valence-electron chi connectivity index (χ2n) is 7.03. The maximum Gasteiger partial charge on any atom is 0.0130 e. The normalized spacial score (nSPS) is 28.3. The number of hydrogen-bond donors (Lipinski definition) is 0. The minimum Gasteiger partial charge on any atom is -0.0802 e. The summed E-state index contributed by atoms with van der Waals surface area (Å²) < 4.78 is 0. The maximum absolute atomic E-state index is 2.43. The first kappa shape index (κ1) is 10.9. The molecule has 0 heterocycles. The number of benzene rings is 2. The number of allylic oxidation sites excluding steroid dienone is 4. The lowest BCUT2D eigenvalue weighted by Gasteiger charge is -2.27. The van der Waals surface area contributed by atoms with E-state index in [1.54, 1.807) is 11.1 Å². The van der Waals surface area contributed by atoms with Crippen molar-refractivity contribution in [3.05, 3.63) is 65.3 Å². The molecule has 1 fully saturated rings. The highest BCUT2D eigenvalue weighted by Crippen LogP contribution is 2.61. The predicted octanol–water partition coefficient (Wildman–Crippen LogP) is 5.09. The molecule has 2 aromatic carbocycles. The molecule has 1 saturated carbocycles. The van der Waals surface area contributed by atoms with Gasteiger partial charge in [-0.05, 0) is 51.3 Å². The van der Waals surface area contributed by atoms with Crippen LogP contribution in [-0.2, 0) is 5.41 Å². The van der Waals surface area contributed by atoms with Crippen LogP contribution in [0.15, 0.2) is 54.1 Å². The highest BCUT2D eigenvalue weighted by Gasteiger charge is 2.50. The summed E-state index contributed by atoms with van der Waals surface area (Å²) in [6, 6.07) is 13.5. The summed E-state index contributed by atoms with van der Waals surface area (Å²) in [5.74, 6) is 1.64. The fraction of sp³-hybridized carbons (Fsp3) is 0.300. The lowest BCUT2D eigenvalue weighted by Crippen LogP contribution is -2.19. The van der Waals surface area contributed by atoms with Crippen molar-refractivity contribution in [2.75, 3.05) is 0 Å². The summed E-state index contributed by atoms with van der Waals surface area (Å²) in [6.45, 7) is 4.85. The van der Waals surface area contributed by atoms with Gasteiger partial charge < -0.3 is 0 Å². The van der Waals surface area contributed by atoms with Gasteiger partial charge in [-0.15, -0.1) is 0 Å². The largest absolute Gasteiger partial charge is 0.0802 e. The molecule has 3 aliphatic rings. The van der Waals surface area contributed by atoms with Gasteiger partial charge in [0.1, 0.15) is 0 Å². The van der Waals surface area contributed by atoms with E-state index in [0.717, 1.165) is 11.8 Å². The van der Waals surface area contributed by atoms with Gasteiger partial charge in [0.2, 0.25) is 0 Å². The van der Waals surface area contributed by atoms with E-state index < -0.39 is 0 Å². The zero-order valence-corrected chi connectivity index (χ0v) is 12.0. The highest BCUT2D eigenvalue weighted by molar-refractivity contribution is 5.98. The van der Waals surface area contributed by atoms with Gasteiger partial charge in [-0.1, -0.05) is 62.4 Å². The van der Waals surface area contributed by atoms with Crippen LogP contribution in [0.1, 0.15) is 31.4 Å². The summed E-state index contributed by atoms with van der Waals surface area (Å²) in [7, 11) is 0. The van der Waals surface area contributed by atoms with E-state index >= 15 is 0 Å². The van der Waals surface area contributed by atoms with E-state index in [4.69, 9.17) is 0 Å². The standard InChI is InChI=1S/C20H18/c1-20(2)18-14-6-4-3-5-12(14)7-9-15(18)16-10-8-13-11-17(13)19(16)20/h3-10,13,17H,11H2,1-2H3. The molecule has 20 heavy (non-hydrogen) atoms. The molecule has 0 aromatic heterocycles. The van der Waals surface area contributed by atoms with E-state index in [9.17, 15) is 0 Å². The molecule has 0 nitrogen and oxygen atoms in total. The summed E-state index contributed by atoms with van der Waals surface area (Å²) in [5.41, 5.74) is 6.45. The number of hydrogen-bond acceptors (Lipinski definition) is 0. The molecule has 3 aliphatic carbocycles. The van der Waals surface area contributed by atoms with Crippen LogP contribution in [0.25, 0.3) is 16.3 Å². The SMILES string of the molecule is CC1(C)C2=C(C=CC3CC23)c2ccc3ccccc3c21. The van der Waals surface area contributed by atoms with E-state index in [1.807, 2.05) is 0 Å². The van der Waals surface area contributed by atoms with E-state index in [0.29, 0.717) is 0 Å². The fourth-order valence-corrected chi connectivity index (χ4v) is 4.61. The minimum atomic E-state index is 0.190. The van der Waals surface area contributed by atoms with Crippen LogP contribution in [0.3, 0.4) is 0 Å². The molecule has 0 amide bonds. The third-order valence-electron chi connectivity index (χ3n) is 5.53. The summed E-state index contributed by atoms with van der Waals surface area (Å²) >= 11 is 0. The zero-order valence-electron chi connectivity index (χ0n) is 12.0. The maximum atomic E-state index is 2.43. The lowest BCUT2D eigenvalue weighted by atomic mass is 9.76. The van der Waals surface area contributed by atoms with Gasteiger partial charge in [-0.3, -0.25) is 0 Å². The first-order chi connectivity index (χ1) is 9.68. The van der Waals surface area contributed by atoms with Crippen molar-refractivity contribution in [3.8, 4) is 0 Å². The Morgan fingerprint density at radius 1 is 1.05 bits per heavy atom. The molecule has 0 bridgehead atoms. The lowest BCUT2D eigenvalue weighted by molar-refractivity contribution is 0.596. The molecular formula is C20H18. The Labute approximate surface area is 119 Å². The van der Waals surface area contributed by atoms with Crippen molar-refractivity contribution < 1.29 is 0 Å². The van der Waals surface area contributed by atoms with E-state index in [-0.39, 0.29) is 5.41 Å². The van der Waals surface area contributed by atoms with Crippen molar-refractivity contribution in [2.45, 2.75) is 25.7 Å². The fourth-order valence-electron chi connectivity index (χ4n) is 4.61. The Hall–Kier alpha value is -1.82. The second-order valence-corrected chi connectivity index (χ2v) is 7.03. The van der Waals surface area contributed by atoms with Gasteiger partial charge in [0, 0.05) is 5.41 Å². The van der Waals surface area contributed by atoms with Crippen LogP contribution in [0, 0.1) is 11.8 Å². The van der Waals surface area contributed by atoms with E-state index in [1.165, 1.54) is 28.3 Å². The van der Waals surface area contributed by atoms with E-state index in [2.05, 4.69) is 62.4 Å². The van der Waals surface area contributed by atoms with Gasteiger partial charge >= 0.3 is 0 Å².